The highest BCUT2D eigenvalue weighted by molar-refractivity contribution is 5.71. The zero-order valence-electron chi connectivity index (χ0n) is 10.1. The molecule has 88 valence electrons. The van der Waals surface area contributed by atoms with Crippen LogP contribution in [0.3, 0.4) is 0 Å². The maximum absolute atomic E-state index is 12.3. The molecule has 3 aromatic rings. The van der Waals surface area contributed by atoms with Gasteiger partial charge in [-0.3, -0.25) is 9.20 Å². The minimum atomic E-state index is 0.0481. The average molecular weight is 235 g/mol. The highest BCUT2D eigenvalue weighted by Crippen LogP contribution is 2.22. The van der Waals surface area contributed by atoms with Gasteiger partial charge in [0.05, 0.1) is 0 Å². The van der Waals surface area contributed by atoms with E-state index < -0.39 is 0 Å². The Labute approximate surface area is 105 Å². The van der Waals surface area contributed by atoms with E-state index in [0.29, 0.717) is 0 Å². The van der Waals surface area contributed by atoms with E-state index in [9.17, 15) is 4.79 Å². The van der Waals surface area contributed by atoms with Gasteiger partial charge in [-0.05, 0) is 36.2 Å². The van der Waals surface area contributed by atoms with Gasteiger partial charge in [-0.25, -0.2) is 0 Å². The van der Waals surface area contributed by atoms with Crippen molar-refractivity contribution in [1.29, 1.82) is 0 Å². The van der Waals surface area contributed by atoms with Gasteiger partial charge in [0, 0.05) is 17.3 Å². The van der Waals surface area contributed by atoms with Gasteiger partial charge >= 0.3 is 0 Å². The molecule has 3 rings (SSSR count). The number of nitrogens with zero attached hydrogens (tertiary/aromatic N) is 1. The van der Waals surface area contributed by atoms with Crippen LogP contribution in [0.2, 0.25) is 0 Å². The predicted molar refractivity (Wildman–Crippen MR) is 73.8 cm³/mol. The van der Waals surface area contributed by atoms with E-state index in [0.717, 1.165) is 22.2 Å². The lowest BCUT2D eigenvalue weighted by Gasteiger charge is -2.08. The van der Waals surface area contributed by atoms with Crippen molar-refractivity contribution in [2.45, 2.75) is 6.92 Å². The molecule has 0 N–H and O–H groups in total. The van der Waals surface area contributed by atoms with Crippen molar-refractivity contribution < 1.29 is 0 Å². The third-order valence-corrected chi connectivity index (χ3v) is 3.21. The van der Waals surface area contributed by atoms with Gasteiger partial charge in [-0.2, -0.15) is 0 Å². The van der Waals surface area contributed by atoms with Gasteiger partial charge in [0.2, 0.25) is 0 Å². The van der Waals surface area contributed by atoms with Gasteiger partial charge in [0.25, 0.3) is 5.56 Å². The smallest absolute Gasteiger partial charge is 0.258 e. The van der Waals surface area contributed by atoms with Crippen LogP contribution in [0.4, 0.5) is 0 Å². The Balaban J connectivity index is 2.38. The summed E-state index contributed by atoms with van der Waals surface area (Å²) in [5, 5.41) is 0. The van der Waals surface area contributed by atoms with Crippen LogP contribution in [0, 0.1) is 6.92 Å². The summed E-state index contributed by atoms with van der Waals surface area (Å²) < 4.78 is 1.68. The van der Waals surface area contributed by atoms with E-state index in [4.69, 9.17) is 0 Å². The molecule has 0 spiro atoms. The summed E-state index contributed by atoms with van der Waals surface area (Å²) in [6.45, 7) is 1.88. The van der Waals surface area contributed by atoms with Crippen LogP contribution < -0.4 is 5.56 Å². The lowest BCUT2D eigenvalue weighted by Crippen LogP contribution is -2.16. The standard InChI is InChI=1S/C16H13NO/c1-12-15(13-7-3-2-4-8-13)11-14-9-5-6-10-17(14)16(12)18/h2-11H,1H3. The minimum absolute atomic E-state index is 0.0481. The largest absolute Gasteiger partial charge is 0.284 e. The molecule has 0 saturated carbocycles. The fourth-order valence-corrected chi connectivity index (χ4v) is 2.23. The lowest BCUT2D eigenvalue weighted by atomic mass is 10.0. The quantitative estimate of drug-likeness (QED) is 0.634. The van der Waals surface area contributed by atoms with Crippen LogP contribution in [0.25, 0.3) is 16.6 Å². The average Bonchev–Trinajstić information content (AvgIpc) is 2.44. The second kappa shape index (κ2) is 4.15. The fraction of sp³-hybridized carbons (Fsp3) is 0.0625. The van der Waals surface area contributed by atoms with Crippen LogP contribution in [0.15, 0.2) is 65.6 Å². The molecule has 0 unspecified atom stereocenters. The molecular formula is C16H13NO. The summed E-state index contributed by atoms with van der Waals surface area (Å²) in [4.78, 5) is 12.3. The molecular weight excluding hydrogens is 222 g/mol. The SMILES string of the molecule is Cc1c(-c2ccccc2)cc2ccccn2c1=O. The van der Waals surface area contributed by atoms with E-state index in [1.165, 1.54) is 0 Å². The number of rotatable bonds is 1. The van der Waals surface area contributed by atoms with E-state index in [-0.39, 0.29) is 5.56 Å². The zero-order valence-corrected chi connectivity index (χ0v) is 10.1. The van der Waals surface area contributed by atoms with Crippen LogP contribution in [0.5, 0.6) is 0 Å². The highest BCUT2D eigenvalue weighted by atomic mass is 16.1. The van der Waals surface area contributed by atoms with Crippen molar-refractivity contribution in [3.05, 3.63) is 76.7 Å². The molecule has 0 amide bonds. The fourth-order valence-electron chi connectivity index (χ4n) is 2.23. The summed E-state index contributed by atoms with van der Waals surface area (Å²) in [7, 11) is 0. The second-order valence-corrected chi connectivity index (χ2v) is 4.35. The number of aromatic nitrogens is 1. The van der Waals surface area contributed by atoms with Gasteiger partial charge in [0.1, 0.15) is 0 Å². The summed E-state index contributed by atoms with van der Waals surface area (Å²) in [5.41, 5.74) is 3.84. The highest BCUT2D eigenvalue weighted by Gasteiger charge is 2.07. The molecule has 2 nitrogen and oxygen atoms in total. The third kappa shape index (κ3) is 1.63. The van der Waals surface area contributed by atoms with E-state index >= 15 is 0 Å². The summed E-state index contributed by atoms with van der Waals surface area (Å²) >= 11 is 0. The lowest BCUT2D eigenvalue weighted by molar-refractivity contribution is 1.07. The molecule has 18 heavy (non-hydrogen) atoms. The first-order valence-corrected chi connectivity index (χ1v) is 5.94. The predicted octanol–water partition coefficient (Wildman–Crippen LogP) is 3.27. The Morgan fingerprint density at radius 2 is 1.67 bits per heavy atom. The van der Waals surface area contributed by atoms with Crippen LogP contribution in [0.1, 0.15) is 5.56 Å². The number of hydrogen-bond acceptors (Lipinski definition) is 1. The molecule has 2 heterocycles. The van der Waals surface area contributed by atoms with E-state index in [2.05, 4.69) is 6.07 Å². The molecule has 0 saturated heterocycles. The van der Waals surface area contributed by atoms with Gasteiger partial charge in [-0.1, -0.05) is 36.4 Å². The van der Waals surface area contributed by atoms with E-state index in [1.54, 1.807) is 10.6 Å². The Kier molecular flexibility index (Phi) is 2.49. The maximum atomic E-state index is 12.3. The van der Waals surface area contributed by atoms with Crippen molar-refractivity contribution in [1.82, 2.24) is 4.40 Å². The Morgan fingerprint density at radius 3 is 2.44 bits per heavy atom. The monoisotopic (exact) mass is 235 g/mol. The molecule has 0 aliphatic carbocycles. The summed E-state index contributed by atoms with van der Waals surface area (Å²) in [6.07, 6.45) is 1.80. The second-order valence-electron chi connectivity index (χ2n) is 4.35. The minimum Gasteiger partial charge on any atom is -0.284 e. The Morgan fingerprint density at radius 1 is 0.944 bits per heavy atom. The molecule has 0 atom stereocenters. The van der Waals surface area contributed by atoms with Gasteiger partial charge in [-0.15, -0.1) is 0 Å². The van der Waals surface area contributed by atoms with Crippen molar-refractivity contribution in [2.24, 2.45) is 0 Å². The van der Waals surface area contributed by atoms with Crippen molar-refractivity contribution in [3.8, 4) is 11.1 Å². The maximum Gasteiger partial charge on any atom is 0.258 e. The van der Waals surface area contributed by atoms with Crippen molar-refractivity contribution in [2.75, 3.05) is 0 Å². The molecule has 0 aliphatic heterocycles. The first-order chi connectivity index (χ1) is 8.77. The molecule has 0 fully saturated rings. The number of benzene rings is 1. The summed E-state index contributed by atoms with van der Waals surface area (Å²) in [5.74, 6) is 0. The molecule has 0 aliphatic rings. The number of pyridine rings is 2. The van der Waals surface area contributed by atoms with Crippen LogP contribution in [-0.4, -0.2) is 4.40 Å². The third-order valence-electron chi connectivity index (χ3n) is 3.21. The molecule has 1 aromatic carbocycles. The van der Waals surface area contributed by atoms with Crippen LogP contribution in [-0.2, 0) is 0 Å². The van der Waals surface area contributed by atoms with E-state index in [1.807, 2.05) is 55.5 Å². The number of fused-ring (bicyclic) bond motifs is 1. The van der Waals surface area contributed by atoms with Crippen molar-refractivity contribution in [3.63, 3.8) is 0 Å². The zero-order chi connectivity index (χ0) is 12.5. The van der Waals surface area contributed by atoms with Gasteiger partial charge in [0.15, 0.2) is 0 Å². The molecule has 2 heteroatoms. The Hall–Kier alpha value is -2.35. The van der Waals surface area contributed by atoms with Gasteiger partial charge < -0.3 is 0 Å². The van der Waals surface area contributed by atoms with Crippen molar-refractivity contribution >= 4 is 5.52 Å². The topological polar surface area (TPSA) is 21.5 Å². The Bertz CT molecular complexity index is 757. The molecule has 2 aromatic heterocycles. The molecule has 0 radical (unpaired) electrons. The normalized spacial score (nSPS) is 10.7. The first kappa shape index (κ1) is 10.8. The summed E-state index contributed by atoms with van der Waals surface area (Å²) in [6, 6.07) is 17.8. The van der Waals surface area contributed by atoms with Crippen LogP contribution >= 0.6 is 0 Å². The number of hydrogen-bond donors (Lipinski definition) is 0. The molecule has 0 bridgehead atoms. The first-order valence-electron chi connectivity index (χ1n) is 5.94.